The number of rotatable bonds is 3. The monoisotopic (exact) mass is 260 g/mol. The van der Waals surface area contributed by atoms with E-state index in [1.807, 2.05) is 0 Å². The summed E-state index contributed by atoms with van der Waals surface area (Å²) in [6.45, 7) is 4.84. The van der Waals surface area contributed by atoms with E-state index in [1.165, 1.54) is 7.11 Å². The molecule has 1 aromatic rings. The molecule has 0 heterocycles. The standard InChI is InChI=1S/C11H16O5S/c1-6-7(2)11(17(13,14)16-5)10(15-4)8(3)9(6)12/h12H,1-5H3. The van der Waals surface area contributed by atoms with E-state index in [1.54, 1.807) is 20.8 Å². The first kappa shape index (κ1) is 13.8. The van der Waals surface area contributed by atoms with Gasteiger partial charge >= 0.3 is 10.1 Å². The summed E-state index contributed by atoms with van der Waals surface area (Å²) in [4.78, 5) is -0.0321. The fraction of sp³-hybridized carbons (Fsp3) is 0.455. The molecule has 0 saturated carbocycles. The van der Waals surface area contributed by atoms with Crippen LogP contribution in [0.2, 0.25) is 0 Å². The summed E-state index contributed by atoms with van der Waals surface area (Å²) in [5.74, 6) is 0.154. The molecule has 0 radical (unpaired) electrons. The Morgan fingerprint density at radius 1 is 1.00 bits per heavy atom. The molecule has 0 aliphatic carbocycles. The Kier molecular flexibility index (Phi) is 3.68. The highest BCUT2D eigenvalue weighted by Gasteiger charge is 2.27. The summed E-state index contributed by atoms with van der Waals surface area (Å²) in [6.07, 6.45) is 0. The van der Waals surface area contributed by atoms with Crippen LogP contribution in [-0.4, -0.2) is 27.7 Å². The van der Waals surface area contributed by atoms with Gasteiger partial charge in [0.25, 0.3) is 0 Å². The third-order valence-corrected chi connectivity index (χ3v) is 4.26. The second-order valence-electron chi connectivity index (χ2n) is 3.71. The molecule has 0 saturated heterocycles. The van der Waals surface area contributed by atoms with Gasteiger partial charge in [0.05, 0.1) is 14.2 Å². The van der Waals surface area contributed by atoms with Crippen molar-refractivity contribution in [2.24, 2.45) is 0 Å². The van der Waals surface area contributed by atoms with Crippen molar-refractivity contribution in [1.82, 2.24) is 0 Å². The summed E-state index contributed by atoms with van der Waals surface area (Å²) in [7, 11) is -1.43. The largest absolute Gasteiger partial charge is 0.507 e. The number of aromatic hydroxyl groups is 1. The minimum Gasteiger partial charge on any atom is -0.507 e. The molecule has 0 amide bonds. The maximum atomic E-state index is 11.8. The smallest absolute Gasteiger partial charge is 0.300 e. The average molecular weight is 260 g/mol. The van der Waals surface area contributed by atoms with Crippen molar-refractivity contribution in [3.63, 3.8) is 0 Å². The van der Waals surface area contributed by atoms with Crippen LogP contribution < -0.4 is 4.74 Å². The molecule has 0 bridgehead atoms. The molecule has 1 aromatic carbocycles. The van der Waals surface area contributed by atoms with Crippen molar-refractivity contribution in [3.05, 3.63) is 16.7 Å². The van der Waals surface area contributed by atoms with Gasteiger partial charge in [0.2, 0.25) is 0 Å². The van der Waals surface area contributed by atoms with Gasteiger partial charge in [-0.25, -0.2) is 0 Å². The zero-order chi connectivity index (χ0) is 13.4. The van der Waals surface area contributed by atoms with Gasteiger partial charge < -0.3 is 9.84 Å². The molecular formula is C11H16O5S. The fourth-order valence-electron chi connectivity index (χ4n) is 1.71. The van der Waals surface area contributed by atoms with Crippen LogP contribution in [0.4, 0.5) is 0 Å². The predicted octanol–water partition coefficient (Wildman–Crippen LogP) is 1.66. The topological polar surface area (TPSA) is 72.8 Å². The number of phenolic OH excluding ortho intramolecular Hbond substituents is 1. The second kappa shape index (κ2) is 4.54. The normalized spacial score (nSPS) is 11.6. The summed E-state index contributed by atoms with van der Waals surface area (Å²) >= 11 is 0. The Balaban J connectivity index is 3.83. The Morgan fingerprint density at radius 3 is 1.94 bits per heavy atom. The van der Waals surface area contributed by atoms with Gasteiger partial charge in [-0.15, -0.1) is 0 Å². The summed E-state index contributed by atoms with van der Waals surface area (Å²) in [6, 6.07) is 0. The van der Waals surface area contributed by atoms with Crippen molar-refractivity contribution >= 4 is 10.1 Å². The van der Waals surface area contributed by atoms with Crippen molar-refractivity contribution in [2.75, 3.05) is 14.2 Å². The zero-order valence-corrected chi connectivity index (χ0v) is 11.3. The molecule has 17 heavy (non-hydrogen) atoms. The first-order valence-corrected chi connectivity index (χ1v) is 6.36. The van der Waals surface area contributed by atoms with Gasteiger partial charge in [-0.2, -0.15) is 8.42 Å². The van der Waals surface area contributed by atoms with Gasteiger partial charge in [-0.05, 0) is 31.9 Å². The highest BCUT2D eigenvalue weighted by atomic mass is 32.2. The van der Waals surface area contributed by atoms with Crippen LogP contribution in [0.25, 0.3) is 0 Å². The summed E-state index contributed by atoms with van der Waals surface area (Å²) in [5, 5.41) is 9.85. The van der Waals surface area contributed by atoms with E-state index in [0.29, 0.717) is 16.7 Å². The number of methoxy groups -OCH3 is 1. The molecule has 1 N–H and O–H groups in total. The zero-order valence-electron chi connectivity index (χ0n) is 10.5. The maximum absolute atomic E-state index is 11.8. The van der Waals surface area contributed by atoms with E-state index in [-0.39, 0.29) is 16.4 Å². The van der Waals surface area contributed by atoms with E-state index < -0.39 is 10.1 Å². The quantitative estimate of drug-likeness (QED) is 0.837. The first-order valence-electron chi connectivity index (χ1n) is 4.95. The molecule has 0 aromatic heterocycles. The van der Waals surface area contributed by atoms with Crippen molar-refractivity contribution in [2.45, 2.75) is 25.7 Å². The molecule has 0 spiro atoms. The molecule has 0 fully saturated rings. The van der Waals surface area contributed by atoms with E-state index in [9.17, 15) is 13.5 Å². The van der Waals surface area contributed by atoms with Crippen LogP contribution in [0, 0.1) is 20.8 Å². The maximum Gasteiger partial charge on any atom is 0.300 e. The van der Waals surface area contributed by atoms with Gasteiger partial charge in [0.1, 0.15) is 16.4 Å². The fourth-order valence-corrected chi connectivity index (χ4v) is 2.87. The summed E-state index contributed by atoms with van der Waals surface area (Å²) in [5.41, 5.74) is 1.30. The molecule has 0 unspecified atom stereocenters. The van der Waals surface area contributed by atoms with Crippen LogP contribution >= 0.6 is 0 Å². The average Bonchev–Trinajstić information content (AvgIpc) is 2.30. The van der Waals surface area contributed by atoms with Gasteiger partial charge in [-0.3, -0.25) is 4.18 Å². The number of benzene rings is 1. The lowest BCUT2D eigenvalue weighted by Crippen LogP contribution is -2.10. The Morgan fingerprint density at radius 2 is 1.53 bits per heavy atom. The SMILES string of the molecule is COc1c(C)c(O)c(C)c(C)c1S(=O)(=O)OC. The Bertz CT molecular complexity index is 546. The van der Waals surface area contributed by atoms with E-state index >= 15 is 0 Å². The molecule has 5 nitrogen and oxygen atoms in total. The second-order valence-corrected chi connectivity index (χ2v) is 5.36. The number of hydrogen-bond acceptors (Lipinski definition) is 5. The van der Waals surface area contributed by atoms with E-state index in [2.05, 4.69) is 4.18 Å². The lowest BCUT2D eigenvalue weighted by molar-refractivity contribution is 0.370. The van der Waals surface area contributed by atoms with Crippen LogP contribution in [0.5, 0.6) is 11.5 Å². The van der Waals surface area contributed by atoms with Crippen LogP contribution in [0.3, 0.4) is 0 Å². The van der Waals surface area contributed by atoms with Crippen LogP contribution in [0.15, 0.2) is 4.90 Å². The Labute approximate surface area is 101 Å². The highest BCUT2D eigenvalue weighted by molar-refractivity contribution is 7.87. The molecule has 96 valence electrons. The van der Waals surface area contributed by atoms with E-state index in [4.69, 9.17) is 4.74 Å². The summed E-state index contributed by atoms with van der Waals surface area (Å²) < 4.78 is 33.2. The van der Waals surface area contributed by atoms with E-state index in [0.717, 1.165) is 7.11 Å². The van der Waals surface area contributed by atoms with Gasteiger partial charge in [0, 0.05) is 5.56 Å². The lowest BCUT2D eigenvalue weighted by Gasteiger charge is -2.17. The number of hydrogen-bond donors (Lipinski definition) is 1. The highest BCUT2D eigenvalue weighted by Crippen LogP contribution is 2.40. The predicted molar refractivity (Wildman–Crippen MR) is 63.1 cm³/mol. The van der Waals surface area contributed by atoms with Gasteiger partial charge in [-0.1, -0.05) is 0 Å². The third-order valence-electron chi connectivity index (χ3n) is 2.83. The molecular weight excluding hydrogens is 244 g/mol. The van der Waals surface area contributed by atoms with Crippen LogP contribution in [0.1, 0.15) is 16.7 Å². The Hall–Kier alpha value is -1.27. The molecule has 6 heteroatoms. The first-order chi connectivity index (χ1) is 7.77. The minimum atomic E-state index is -3.87. The van der Waals surface area contributed by atoms with Crippen molar-refractivity contribution in [3.8, 4) is 11.5 Å². The lowest BCUT2D eigenvalue weighted by atomic mass is 10.0. The minimum absolute atomic E-state index is 0.0321. The molecule has 0 aliphatic heterocycles. The van der Waals surface area contributed by atoms with Crippen molar-refractivity contribution in [1.29, 1.82) is 0 Å². The number of phenols is 1. The molecule has 0 aliphatic rings. The van der Waals surface area contributed by atoms with Gasteiger partial charge in [0.15, 0.2) is 0 Å². The van der Waals surface area contributed by atoms with Crippen molar-refractivity contribution < 1.29 is 22.4 Å². The molecule has 1 rings (SSSR count). The molecule has 0 atom stereocenters. The van der Waals surface area contributed by atoms with Crippen LogP contribution in [-0.2, 0) is 14.3 Å². The number of ether oxygens (including phenoxy) is 1. The third kappa shape index (κ3) is 2.10.